The summed E-state index contributed by atoms with van der Waals surface area (Å²) < 4.78 is 16.9. The Labute approximate surface area is 202 Å². The molecule has 0 spiro atoms. The standard InChI is InChI=1S/C26H23ClN2O5/c1-2-21-26(31)29(13-16-3-9-23-24(11-16)33-15-32-23)14-18-12-20(8-10-22(18)34-21)28-25(30)17-4-6-19(27)7-5-17/h3-12,21H,2,13-15H2,1H3,(H,28,30)/t21-/m1/s1. The van der Waals surface area contributed by atoms with Crippen LogP contribution in [-0.4, -0.2) is 29.6 Å². The topological polar surface area (TPSA) is 77.1 Å². The number of hydrogen-bond acceptors (Lipinski definition) is 5. The minimum atomic E-state index is -0.579. The lowest BCUT2D eigenvalue weighted by molar-refractivity contribution is -0.139. The summed E-state index contributed by atoms with van der Waals surface area (Å²) in [4.78, 5) is 27.6. The van der Waals surface area contributed by atoms with E-state index in [4.69, 9.17) is 25.8 Å². The lowest BCUT2D eigenvalue weighted by Crippen LogP contribution is -2.38. The minimum absolute atomic E-state index is 0.0804. The monoisotopic (exact) mass is 478 g/mol. The van der Waals surface area contributed by atoms with E-state index in [1.54, 1.807) is 41.3 Å². The summed E-state index contributed by atoms with van der Waals surface area (Å²) in [5.41, 5.74) is 2.87. The number of benzene rings is 3. The first-order valence-corrected chi connectivity index (χ1v) is 11.4. The van der Waals surface area contributed by atoms with Crippen LogP contribution >= 0.6 is 11.6 Å². The average Bonchev–Trinajstić information content (AvgIpc) is 3.26. The molecular weight excluding hydrogens is 456 g/mol. The molecule has 174 valence electrons. The molecule has 3 aromatic carbocycles. The lowest BCUT2D eigenvalue weighted by atomic mass is 10.1. The number of carbonyl (C=O) groups is 2. The van der Waals surface area contributed by atoms with Crippen molar-refractivity contribution in [2.75, 3.05) is 12.1 Å². The van der Waals surface area contributed by atoms with Crippen LogP contribution in [0.5, 0.6) is 17.2 Å². The van der Waals surface area contributed by atoms with Gasteiger partial charge in [0.25, 0.3) is 11.8 Å². The first kappa shape index (κ1) is 22.1. The summed E-state index contributed by atoms with van der Waals surface area (Å²) in [6.07, 6.45) is -0.0323. The van der Waals surface area contributed by atoms with Crippen LogP contribution in [0, 0.1) is 0 Å². The van der Waals surface area contributed by atoms with Crippen LogP contribution in [0.25, 0.3) is 0 Å². The van der Waals surface area contributed by atoms with Crippen LogP contribution in [-0.2, 0) is 17.9 Å². The minimum Gasteiger partial charge on any atom is -0.480 e. The second-order valence-corrected chi connectivity index (χ2v) is 8.62. The maximum Gasteiger partial charge on any atom is 0.264 e. The highest BCUT2D eigenvalue weighted by Gasteiger charge is 2.30. The molecule has 8 heteroatoms. The van der Waals surface area contributed by atoms with E-state index in [0.717, 1.165) is 11.1 Å². The highest BCUT2D eigenvalue weighted by atomic mass is 35.5. The second-order valence-electron chi connectivity index (χ2n) is 8.18. The number of rotatable bonds is 5. The van der Waals surface area contributed by atoms with Gasteiger partial charge in [-0.05, 0) is 66.6 Å². The number of amides is 2. The fraction of sp³-hybridized carbons (Fsp3) is 0.231. The van der Waals surface area contributed by atoms with Gasteiger partial charge in [-0.1, -0.05) is 24.6 Å². The highest BCUT2D eigenvalue weighted by molar-refractivity contribution is 6.30. The lowest BCUT2D eigenvalue weighted by Gasteiger charge is -2.23. The number of carbonyl (C=O) groups excluding carboxylic acids is 2. The van der Waals surface area contributed by atoms with Gasteiger partial charge in [0.15, 0.2) is 17.6 Å². The summed E-state index contributed by atoms with van der Waals surface area (Å²) in [5, 5.41) is 3.47. The van der Waals surface area contributed by atoms with E-state index in [1.807, 2.05) is 31.2 Å². The maximum absolute atomic E-state index is 13.2. The second kappa shape index (κ2) is 9.27. The van der Waals surface area contributed by atoms with Crippen molar-refractivity contribution in [1.29, 1.82) is 0 Å². The molecule has 0 aromatic heterocycles. The van der Waals surface area contributed by atoms with Gasteiger partial charge in [-0.15, -0.1) is 0 Å². The van der Waals surface area contributed by atoms with Crippen molar-refractivity contribution >= 4 is 29.1 Å². The zero-order valence-corrected chi connectivity index (χ0v) is 19.3. The molecule has 0 radical (unpaired) electrons. The Balaban J connectivity index is 1.38. The first-order valence-electron chi connectivity index (χ1n) is 11.0. The molecule has 2 aliphatic rings. The molecule has 0 unspecified atom stereocenters. The van der Waals surface area contributed by atoms with Crippen molar-refractivity contribution in [3.8, 4) is 17.2 Å². The van der Waals surface area contributed by atoms with E-state index < -0.39 is 6.10 Å². The molecule has 2 heterocycles. The van der Waals surface area contributed by atoms with Gasteiger partial charge in [-0.3, -0.25) is 9.59 Å². The van der Waals surface area contributed by atoms with Crippen LogP contribution in [0.2, 0.25) is 5.02 Å². The van der Waals surface area contributed by atoms with Crippen molar-refractivity contribution in [3.05, 3.63) is 82.4 Å². The molecule has 2 aliphatic heterocycles. The Kier molecular flexibility index (Phi) is 6.02. The summed E-state index contributed by atoms with van der Waals surface area (Å²) in [6, 6.07) is 17.8. The van der Waals surface area contributed by atoms with Crippen LogP contribution < -0.4 is 19.5 Å². The molecular formula is C26H23ClN2O5. The number of hydrogen-bond donors (Lipinski definition) is 1. The van der Waals surface area contributed by atoms with Crippen LogP contribution in [0.15, 0.2) is 60.7 Å². The van der Waals surface area contributed by atoms with Crippen molar-refractivity contribution in [3.63, 3.8) is 0 Å². The molecule has 3 aromatic rings. The summed E-state index contributed by atoms with van der Waals surface area (Å²) in [5.74, 6) is 1.69. The third-order valence-electron chi connectivity index (χ3n) is 5.82. The van der Waals surface area contributed by atoms with E-state index in [9.17, 15) is 9.59 Å². The van der Waals surface area contributed by atoms with Crippen LogP contribution in [0.4, 0.5) is 5.69 Å². The Bertz CT molecular complexity index is 1240. The van der Waals surface area contributed by atoms with Crippen LogP contribution in [0.1, 0.15) is 34.8 Å². The molecule has 1 N–H and O–H groups in total. The number of nitrogens with zero attached hydrogens (tertiary/aromatic N) is 1. The van der Waals surface area contributed by atoms with E-state index >= 15 is 0 Å². The maximum atomic E-state index is 13.2. The normalized spacial score (nSPS) is 16.5. The van der Waals surface area contributed by atoms with Gasteiger partial charge in [0.2, 0.25) is 6.79 Å². The van der Waals surface area contributed by atoms with Gasteiger partial charge in [0.05, 0.1) is 0 Å². The molecule has 2 amide bonds. The predicted octanol–water partition coefficient (Wildman–Crippen LogP) is 5.02. The van der Waals surface area contributed by atoms with Gasteiger partial charge >= 0.3 is 0 Å². The summed E-state index contributed by atoms with van der Waals surface area (Å²) in [7, 11) is 0. The van der Waals surface area contributed by atoms with E-state index in [-0.39, 0.29) is 18.6 Å². The molecule has 0 bridgehead atoms. The Hall–Kier alpha value is -3.71. The molecule has 0 saturated heterocycles. The predicted molar refractivity (Wildman–Crippen MR) is 127 cm³/mol. The van der Waals surface area contributed by atoms with Gasteiger partial charge in [0.1, 0.15) is 5.75 Å². The molecule has 0 fully saturated rings. The Morgan fingerprint density at radius 2 is 1.79 bits per heavy atom. The number of fused-ring (bicyclic) bond motifs is 2. The molecule has 7 nitrogen and oxygen atoms in total. The fourth-order valence-corrected chi connectivity index (χ4v) is 4.17. The van der Waals surface area contributed by atoms with Crippen molar-refractivity contribution in [1.82, 2.24) is 4.90 Å². The summed E-state index contributed by atoms with van der Waals surface area (Å²) in [6.45, 7) is 2.87. The van der Waals surface area contributed by atoms with E-state index in [0.29, 0.717) is 53.0 Å². The zero-order valence-electron chi connectivity index (χ0n) is 18.5. The number of ether oxygens (including phenoxy) is 3. The van der Waals surface area contributed by atoms with Gasteiger partial charge in [-0.25, -0.2) is 0 Å². The summed E-state index contributed by atoms with van der Waals surface area (Å²) >= 11 is 5.92. The Morgan fingerprint density at radius 1 is 1.03 bits per heavy atom. The highest BCUT2D eigenvalue weighted by Crippen LogP contribution is 2.34. The largest absolute Gasteiger partial charge is 0.480 e. The van der Waals surface area contributed by atoms with E-state index in [2.05, 4.69) is 5.32 Å². The first-order chi connectivity index (χ1) is 16.5. The third kappa shape index (κ3) is 4.52. The van der Waals surface area contributed by atoms with Gasteiger partial charge in [-0.2, -0.15) is 0 Å². The average molecular weight is 479 g/mol. The number of anilines is 1. The number of halogens is 1. The van der Waals surface area contributed by atoms with Crippen molar-refractivity contribution < 1.29 is 23.8 Å². The molecule has 1 atom stereocenters. The third-order valence-corrected chi connectivity index (χ3v) is 6.08. The smallest absolute Gasteiger partial charge is 0.264 e. The van der Waals surface area contributed by atoms with Crippen molar-refractivity contribution in [2.24, 2.45) is 0 Å². The number of nitrogens with one attached hydrogen (secondary N) is 1. The fourth-order valence-electron chi connectivity index (χ4n) is 4.04. The zero-order chi connectivity index (χ0) is 23.7. The Morgan fingerprint density at radius 3 is 2.59 bits per heavy atom. The molecule has 0 aliphatic carbocycles. The van der Waals surface area contributed by atoms with Gasteiger partial charge in [0, 0.05) is 34.9 Å². The quantitative estimate of drug-likeness (QED) is 0.557. The SMILES string of the molecule is CC[C@H]1Oc2ccc(NC(=O)c3ccc(Cl)cc3)cc2CN(Cc2ccc3c(c2)OCO3)C1=O. The molecule has 5 rings (SSSR count). The van der Waals surface area contributed by atoms with Crippen molar-refractivity contribution in [2.45, 2.75) is 32.5 Å². The van der Waals surface area contributed by atoms with E-state index in [1.165, 1.54) is 0 Å². The van der Waals surface area contributed by atoms with Crippen LogP contribution in [0.3, 0.4) is 0 Å². The molecule has 34 heavy (non-hydrogen) atoms. The molecule has 0 saturated carbocycles. The van der Waals surface area contributed by atoms with Gasteiger partial charge < -0.3 is 24.4 Å².